The number of aromatic amines is 1. The van der Waals surface area contributed by atoms with Crippen LogP contribution in [-0.4, -0.2) is 33.9 Å². The number of fused-ring (bicyclic) bond motifs is 1. The molecule has 1 unspecified atom stereocenters. The molecule has 6 heteroatoms. The Morgan fingerprint density at radius 2 is 2.15 bits per heavy atom. The molecule has 1 aliphatic heterocycles. The lowest BCUT2D eigenvalue weighted by molar-refractivity contribution is -0.132. The lowest BCUT2D eigenvalue weighted by atomic mass is 10.2. The molecule has 0 spiro atoms. The second-order valence-electron chi connectivity index (χ2n) is 6.44. The highest BCUT2D eigenvalue weighted by atomic mass is 35.5. The maximum atomic E-state index is 12.7. The van der Waals surface area contributed by atoms with E-state index in [1.165, 1.54) is 0 Å². The lowest BCUT2D eigenvalue weighted by Crippen LogP contribution is -2.32. The number of amides is 1. The molecule has 0 saturated carbocycles. The average Bonchev–Trinajstić information content (AvgIpc) is 3.28. The van der Waals surface area contributed by atoms with Crippen molar-refractivity contribution in [1.82, 2.24) is 14.9 Å². The van der Waals surface area contributed by atoms with Crippen molar-refractivity contribution in [2.24, 2.45) is 0 Å². The number of aromatic nitrogens is 2. The van der Waals surface area contributed by atoms with Crippen molar-refractivity contribution in [3.05, 3.63) is 59.4 Å². The summed E-state index contributed by atoms with van der Waals surface area (Å²) >= 11 is 5.94. The highest BCUT2D eigenvalue weighted by Crippen LogP contribution is 2.31. The van der Waals surface area contributed by atoms with Crippen molar-refractivity contribution < 1.29 is 9.53 Å². The summed E-state index contributed by atoms with van der Waals surface area (Å²) in [5.74, 6) is 1.64. The van der Waals surface area contributed by atoms with Gasteiger partial charge in [-0.3, -0.25) is 4.79 Å². The van der Waals surface area contributed by atoms with Crippen LogP contribution in [0.3, 0.4) is 0 Å². The number of halogens is 1. The maximum Gasteiger partial charge on any atom is 0.226 e. The number of imidazole rings is 1. The van der Waals surface area contributed by atoms with Gasteiger partial charge in [0.05, 0.1) is 30.1 Å². The zero-order chi connectivity index (χ0) is 17.9. The summed E-state index contributed by atoms with van der Waals surface area (Å²) in [5, 5.41) is 0.623. The number of rotatable bonds is 5. The third-order valence-electron chi connectivity index (χ3n) is 4.68. The number of benzene rings is 2. The van der Waals surface area contributed by atoms with Gasteiger partial charge in [0.2, 0.25) is 5.91 Å². The molecular weight excluding hydrogens is 350 g/mol. The van der Waals surface area contributed by atoms with Gasteiger partial charge in [-0.1, -0.05) is 29.8 Å². The fourth-order valence-corrected chi connectivity index (χ4v) is 3.62. The van der Waals surface area contributed by atoms with Gasteiger partial charge in [0.1, 0.15) is 11.6 Å². The Morgan fingerprint density at radius 3 is 3.00 bits per heavy atom. The Bertz CT molecular complexity index is 891. The molecule has 4 rings (SSSR count). The number of nitrogens with one attached hydrogen (secondary N) is 1. The smallest absolute Gasteiger partial charge is 0.226 e. The zero-order valence-electron chi connectivity index (χ0n) is 14.3. The van der Waals surface area contributed by atoms with Crippen molar-refractivity contribution in [2.75, 3.05) is 13.2 Å². The molecule has 1 atom stereocenters. The van der Waals surface area contributed by atoms with E-state index in [1.54, 1.807) is 12.1 Å². The van der Waals surface area contributed by atoms with Gasteiger partial charge in [-0.2, -0.15) is 0 Å². The number of H-pyrrole nitrogens is 1. The summed E-state index contributed by atoms with van der Waals surface area (Å²) in [6.07, 6.45) is 2.26. The van der Waals surface area contributed by atoms with Crippen LogP contribution in [-0.2, 0) is 4.79 Å². The molecule has 2 heterocycles. The first-order valence-electron chi connectivity index (χ1n) is 8.83. The monoisotopic (exact) mass is 369 g/mol. The summed E-state index contributed by atoms with van der Waals surface area (Å²) in [5.41, 5.74) is 1.94. The van der Waals surface area contributed by atoms with E-state index < -0.39 is 0 Å². The number of likely N-dealkylation sites (tertiary alicyclic amines) is 1. The molecule has 2 aromatic carbocycles. The van der Waals surface area contributed by atoms with E-state index in [1.807, 2.05) is 41.3 Å². The minimum atomic E-state index is 0.0149. The van der Waals surface area contributed by atoms with Gasteiger partial charge in [-0.05, 0) is 43.2 Å². The van der Waals surface area contributed by atoms with Gasteiger partial charge < -0.3 is 14.6 Å². The fourth-order valence-electron chi connectivity index (χ4n) is 3.44. The van der Waals surface area contributed by atoms with Crippen LogP contribution in [0.2, 0.25) is 5.02 Å². The van der Waals surface area contributed by atoms with E-state index in [9.17, 15) is 4.79 Å². The Balaban J connectivity index is 1.40. The SMILES string of the molecule is O=C(CCOc1cccc(Cl)c1)N1CCCC1c1nc2ccccc2[nH]1. The quantitative estimate of drug-likeness (QED) is 0.727. The number of nitrogens with zero attached hydrogens (tertiary/aromatic N) is 2. The highest BCUT2D eigenvalue weighted by Gasteiger charge is 2.31. The minimum Gasteiger partial charge on any atom is -0.493 e. The first-order valence-corrected chi connectivity index (χ1v) is 9.21. The van der Waals surface area contributed by atoms with Crippen molar-refractivity contribution in [3.8, 4) is 5.75 Å². The molecular formula is C20H20ClN3O2. The first-order chi connectivity index (χ1) is 12.7. The number of hydrogen-bond donors (Lipinski definition) is 1. The van der Waals surface area contributed by atoms with E-state index >= 15 is 0 Å². The van der Waals surface area contributed by atoms with Crippen LogP contribution in [0.15, 0.2) is 48.5 Å². The van der Waals surface area contributed by atoms with Gasteiger partial charge >= 0.3 is 0 Å². The van der Waals surface area contributed by atoms with Gasteiger partial charge in [-0.25, -0.2) is 4.98 Å². The Hall–Kier alpha value is -2.53. The molecule has 1 aliphatic rings. The molecule has 26 heavy (non-hydrogen) atoms. The summed E-state index contributed by atoms with van der Waals surface area (Å²) < 4.78 is 5.65. The Labute approximate surface area is 156 Å². The molecule has 1 fully saturated rings. The van der Waals surface area contributed by atoms with E-state index in [0.29, 0.717) is 23.8 Å². The second kappa shape index (κ2) is 7.38. The number of ether oxygens (including phenoxy) is 1. The summed E-state index contributed by atoms with van der Waals surface area (Å²) in [6.45, 7) is 1.10. The molecule has 0 aliphatic carbocycles. The average molecular weight is 370 g/mol. The van der Waals surface area contributed by atoms with Crippen LogP contribution < -0.4 is 4.74 Å². The zero-order valence-corrected chi connectivity index (χ0v) is 15.1. The molecule has 1 saturated heterocycles. The van der Waals surface area contributed by atoms with Crippen molar-refractivity contribution in [3.63, 3.8) is 0 Å². The number of carbonyl (C=O) groups is 1. The van der Waals surface area contributed by atoms with Gasteiger partial charge in [0.15, 0.2) is 0 Å². The lowest BCUT2D eigenvalue weighted by Gasteiger charge is -2.23. The topological polar surface area (TPSA) is 58.2 Å². The van der Waals surface area contributed by atoms with Crippen LogP contribution in [0.5, 0.6) is 5.75 Å². The fraction of sp³-hybridized carbons (Fsp3) is 0.300. The van der Waals surface area contributed by atoms with Crippen molar-refractivity contribution in [2.45, 2.75) is 25.3 Å². The normalized spacial score (nSPS) is 17.0. The van der Waals surface area contributed by atoms with Gasteiger partial charge in [0.25, 0.3) is 0 Å². The Kier molecular flexibility index (Phi) is 4.80. The third kappa shape index (κ3) is 3.53. The van der Waals surface area contributed by atoms with Crippen LogP contribution >= 0.6 is 11.6 Å². The van der Waals surface area contributed by atoms with Crippen LogP contribution in [0, 0.1) is 0 Å². The molecule has 0 bridgehead atoms. The molecule has 0 radical (unpaired) electrons. The summed E-state index contributed by atoms with van der Waals surface area (Å²) in [4.78, 5) is 22.6. The predicted octanol–water partition coefficient (Wildman–Crippen LogP) is 4.35. The predicted molar refractivity (Wildman–Crippen MR) is 101 cm³/mol. The largest absolute Gasteiger partial charge is 0.493 e. The van der Waals surface area contributed by atoms with Crippen LogP contribution in [0.25, 0.3) is 11.0 Å². The number of para-hydroxylation sites is 2. The number of carbonyl (C=O) groups excluding carboxylic acids is 1. The summed E-state index contributed by atoms with van der Waals surface area (Å²) in [7, 11) is 0. The van der Waals surface area contributed by atoms with Gasteiger partial charge in [-0.15, -0.1) is 0 Å². The Morgan fingerprint density at radius 1 is 1.27 bits per heavy atom. The molecule has 1 aromatic heterocycles. The standard InChI is InChI=1S/C20H20ClN3O2/c21-14-5-3-6-15(13-14)26-12-10-19(25)24-11-4-9-18(24)20-22-16-7-1-2-8-17(16)23-20/h1-3,5-8,13,18H,4,9-12H2,(H,22,23). The first kappa shape index (κ1) is 16.9. The highest BCUT2D eigenvalue weighted by molar-refractivity contribution is 6.30. The minimum absolute atomic E-state index is 0.0149. The van der Waals surface area contributed by atoms with E-state index in [0.717, 1.165) is 36.2 Å². The van der Waals surface area contributed by atoms with E-state index in [4.69, 9.17) is 16.3 Å². The van der Waals surface area contributed by atoms with Crippen molar-refractivity contribution in [1.29, 1.82) is 0 Å². The van der Waals surface area contributed by atoms with E-state index in [-0.39, 0.29) is 11.9 Å². The van der Waals surface area contributed by atoms with Gasteiger partial charge in [0, 0.05) is 11.6 Å². The maximum absolute atomic E-state index is 12.7. The second-order valence-corrected chi connectivity index (χ2v) is 6.88. The number of hydrogen-bond acceptors (Lipinski definition) is 3. The van der Waals surface area contributed by atoms with Crippen molar-refractivity contribution >= 4 is 28.5 Å². The molecule has 5 nitrogen and oxygen atoms in total. The molecule has 1 amide bonds. The molecule has 134 valence electrons. The third-order valence-corrected chi connectivity index (χ3v) is 4.91. The van der Waals surface area contributed by atoms with E-state index in [2.05, 4.69) is 9.97 Å². The molecule has 1 N–H and O–H groups in total. The molecule has 3 aromatic rings. The summed E-state index contributed by atoms with van der Waals surface area (Å²) in [6, 6.07) is 15.2. The van der Waals surface area contributed by atoms with Crippen LogP contribution in [0.4, 0.5) is 0 Å². The van der Waals surface area contributed by atoms with Crippen LogP contribution in [0.1, 0.15) is 31.1 Å².